The van der Waals surface area contributed by atoms with Crippen molar-refractivity contribution in [3.8, 4) is 0 Å². The Morgan fingerprint density at radius 2 is 1.26 bits per heavy atom. The molecule has 0 saturated carbocycles. The van der Waals surface area contributed by atoms with Crippen molar-refractivity contribution in [1.82, 2.24) is 5.32 Å². The van der Waals surface area contributed by atoms with Crippen LogP contribution in [0.15, 0.2) is 120 Å². The Morgan fingerprint density at radius 1 is 0.763 bits per heavy atom. The Bertz CT molecular complexity index is 1290. The second-order valence-corrected chi connectivity index (χ2v) is 10.3. The Balaban J connectivity index is 0.00000165. The molecular formula is C31H34ClN2O2RuS+. The molecule has 0 unspecified atom stereocenters. The monoisotopic (exact) mass is 635 g/mol. The molecule has 4 rings (SSSR count). The number of halogens is 1. The van der Waals surface area contributed by atoms with Crippen LogP contribution in [0.4, 0.5) is 0 Å². The summed E-state index contributed by atoms with van der Waals surface area (Å²) in [6.45, 7) is 2.67. The van der Waals surface area contributed by atoms with E-state index in [1.807, 2.05) is 91.0 Å². The summed E-state index contributed by atoms with van der Waals surface area (Å²) in [4.78, 5) is 0.208. The quantitative estimate of drug-likeness (QED) is 0.104. The zero-order valence-electron chi connectivity index (χ0n) is 21.6. The number of benzene rings is 4. The molecule has 0 radical (unpaired) electrons. The van der Waals surface area contributed by atoms with E-state index >= 15 is 0 Å². The van der Waals surface area contributed by atoms with E-state index in [0.29, 0.717) is 0 Å². The molecule has 0 aliphatic heterocycles. The van der Waals surface area contributed by atoms with E-state index < -0.39 is 16.1 Å². The number of hydrogen-bond acceptors (Lipinski definition) is 3. The predicted octanol–water partition coefficient (Wildman–Crippen LogP) is 7.90. The van der Waals surface area contributed by atoms with Gasteiger partial charge in [-0.3, -0.25) is 0 Å². The van der Waals surface area contributed by atoms with Gasteiger partial charge in [-0.1, -0.05) is 120 Å². The molecule has 4 aromatic carbocycles. The minimum absolute atomic E-state index is 0. The molecule has 38 heavy (non-hydrogen) atoms. The summed E-state index contributed by atoms with van der Waals surface area (Å²) in [7, 11) is 0.703. The van der Waals surface area contributed by atoms with Gasteiger partial charge in [-0.05, 0) is 49.6 Å². The van der Waals surface area contributed by atoms with Gasteiger partial charge in [0.25, 0.3) is 0 Å². The van der Waals surface area contributed by atoms with Crippen LogP contribution in [0.1, 0.15) is 40.8 Å². The van der Waals surface area contributed by atoms with Gasteiger partial charge in [-0.15, -0.1) is 0 Å². The normalized spacial score (nSPS) is 12.4. The van der Waals surface area contributed by atoms with Crippen LogP contribution in [0.25, 0.3) is 4.72 Å². The summed E-state index contributed by atoms with van der Waals surface area (Å²) in [5.74, 6) is 0. The number of sulfonamides is 1. The van der Waals surface area contributed by atoms with Crippen LogP contribution in [-0.4, -0.2) is 15.0 Å². The van der Waals surface area contributed by atoms with E-state index in [1.54, 1.807) is 24.3 Å². The summed E-state index contributed by atoms with van der Waals surface area (Å²) in [5.41, 5.74) is 4.15. The van der Waals surface area contributed by atoms with Crippen LogP contribution in [-0.2, 0) is 33.8 Å². The van der Waals surface area contributed by atoms with Crippen molar-refractivity contribution in [2.45, 2.75) is 36.7 Å². The summed E-state index contributed by atoms with van der Waals surface area (Å²) in [6.07, 6.45) is 1.88. The summed E-state index contributed by atoms with van der Waals surface area (Å²) >= 11 is 1.82. The van der Waals surface area contributed by atoms with Crippen molar-refractivity contribution < 1.29 is 25.7 Å². The second-order valence-electron chi connectivity index (χ2n) is 8.68. The van der Waals surface area contributed by atoms with Crippen molar-refractivity contribution >= 4 is 19.7 Å². The van der Waals surface area contributed by atoms with Gasteiger partial charge in [0.2, 0.25) is 0 Å². The van der Waals surface area contributed by atoms with Gasteiger partial charge in [0.05, 0.1) is 0 Å². The molecule has 0 amide bonds. The SMILES string of the molecule is Cc1ccc(S(=O)(=O)[N-][C@H](c2ccccc2)[C@H](NCCCc2ccccc2)c2ccccc2)cc1.[CH3-].[Cl][Ru+3]. The number of rotatable bonds is 11. The van der Waals surface area contributed by atoms with Gasteiger partial charge in [-0.25, -0.2) is 8.42 Å². The fourth-order valence-electron chi connectivity index (χ4n) is 4.15. The van der Waals surface area contributed by atoms with Gasteiger partial charge in [0.1, 0.15) is 10.0 Å². The van der Waals surface area contributed by atoms with Crippen LogP contribution in [0.3, 0.4) is 0 Å². The summed E-state index contributed by atoms with van der Waals surface area (Å²) in [5, 5.41) is 3.63. The van der Waals surface area contributed by atoms with Gasteiger partial charge < -0.3 is 17.5 Å². The van der Waals surface area contributed by atoms with E-state index in [9.17, 15) is 8.42 Å². The Labute approximate surface area is 242 Å². The zero-order valence-corrected chi connectivity index (χ0v) is 25.0. The molecule has 2 atom stereocenters. The number of hydrogen-bond donors (Lipinski definition) is 1. The number of aryl methyl sites for hydroxylation is 2. The number of nitrogens with zero attached hydrogens (tertiary/aromatic N) is 1. The molecular weight excluding hydrogens is 601 g/mol. The molecule has 4 nitrogen and oxygen atoms in total. The average molecular weight is 635 g/mol. The van der Waals surface area contributed by atoms with Crippen LogP contribution in [0, 0.1) is 14.4 Å². The first-order chi connectivity index (χ1) is 18.0. The molecule has 1 N–H and O–H groups in total. The first kappa shape index (κ1) is 31.9. The first-order valence-corrected chi connectivity index (χ1v) is 15.7. The van der Waals surface area contributed by atoms with Gasteiger partial charge in [0, 0.05) is 10.9 Å². The molecule has 0 bridgehead atoms. The van der Waals surface area contributed by atoms with E-state index in [-0.39, 0.29) is 18.4 Å². The van der Waals surface area contributed by atoms with Crippen LogP contribution < -0.4 is 5.32 Å². The van der Waals surface area contributed by atoms with Crippen molar-refractivity contribution in [2.24, 2.45) is 0 Å². The average Bonchev–Trinajstić information content (AvgIpc) is 2.95. The van der Waals surface area contributed by atoms with Crippen LogP contribution >= 0.6 is 9.69 Å². The van der Waals surface area contributed by atoms with Crippen LogP contribution in [0.2, 0.25) is 0 Å². The van der Waals surface area contributed by atoms with E-state index in [1.165, 1.54) is 5.56 Å². The Morgan fingerprint density at radius 3 is 1.82 bits per heavy atom. The first-order valence-electron chi connectivity index (χ1n) is 12.1. The minimum atomic E-state index is -3.87. The maximum atomic E-state index is 13.4. The van der Waals surface area contributed by atoms with Crippen LogP contribution in [0.5, 0.6) is 0 Å². The zero-order chi connectivity index (χ0) is 26.5. The molecule has 7 heteroatoms. The van der Waals surface area contributed by atoms with Gasteiger partial charge in [-0.2, -0.15) is 0 Å². The van der Waals surface area contributed by atoms with Crippen molar-refractivity contribution in [3.63, 3.8) is 0 Å². The van der Waals surface area contributed by atoms with Crippen molar-refractivity contribution in [3.05, 3.63) is 150 Å². The summed E-state index contributed by atoms with van der Waals surface area (Å²) < 4.78 is 31.3. The topological polar surface area (TPSA) is 60.3 Å². The molecule has 4 aromatic rings. The fourth-order valence-corrected chi connectivity index (χ4v) is 5.30. The number of nitrogens with one attached hydrogen (secondary N) is 1. The van der Waals surface area contributed by atoms with E-state index in [2.05, 4.69) is 44.0 Å². The Hall–Kier alpha value is -2.34. The molecule has 0 aliphatic carbocycles. The maximum absolute atomic E-state index is 13.4. The molecule has 0 spiro atoms. The predicted molar refractivity (Wildman–Crippen MR) is 155 cm³/mol. The second kappa shape index (κ2) is 16.6. The summed E-state index contributed by atoms with van der Waals surface area (Å²) in [6, 6.07) is 36.0. The van der Waals surface area contributed by atoms with E-state index in [0.717, 1.165) is 36.1 Å². The Kier molecular flexibility index (Phi) is 13.9. The standard InChI is InChI=1S/C30H31N2O2S.CH3.ClH.Ru/c1-24-19-21-28(22-20-24)35(33,34)32-30(27-17-9-4-10-18-27)29(26-15-7-3-8-16-26)31-23-11-14-25-12-5-2-6-13-25;;;/h2-10,12-13,15-22,29-31H,11,14,23H2,1H3;1H3;1H;/q2*-1;;+4/p-1/t29-,30-;;;/m1.../s1. The molecule has 0 aliphatic rings. The van der Waals surface area contributed by atoms with Gasteiger partial charge in [0.15, 0.2) is 0 Å². The third kappa shape index (κ3) is 9.45. The molecule has 0 heterocycles. The molecule has 0 fully saturated rings. The third-order valence-electron chi connectivity index (χ3n) is 6.04. The van der Waals surface area contributed by atoms with Crippen molar-refractivity contribution in [1.29, 1.82) is 0 Å². The van der Waals surface area contributed by atoms with E-state index in [4.69, 9.17) is 0 Å². The molecule has 0 aromatic heterocycles. The molecule has 200 valence electrons. The van der Waals surface area contributed by atoms with Crippen molar-refractivity contribution in [2.75, 3.05) is 6.54 Å². The molecule has 0 saturated heterocycles. The fraction of sp³-hybridized carbons (Fsp3) is 0.194. The third-order valence-corrected chi connectivity index (χ3v) is 7.41. The van der Waals surface area contributed by atoms with Gasteiger partial charge >= 0.3 is 27.0 Å².